The van der Waals surface area contributed by atoms with E-state index in [1.54, 1.807) is 31.4 Å². The second-order valence-corrected chi connectivity index (χ2v) is 4.96. The van der Waals surface area contributed by atoms with Crippen molar-refractivity contribution < 1.29 is 5.11 Å². The SMILES string of the molecule is Cn1ncc(CNC[C@@H](O)c2ccc(Cl)c(Cl)c2)n1. The van der Waals surface area contributed by atoms with Gasteiger partial charge < -0.3 is 10.4 Å². The Morgan fingerprint density at radius 3 is 2.79 bits per heavy atom. The second kappa shape index (κ2) is 6.34. The zero-order chi connectivity index (χ0) is 13.8. The molecule has 0 aliphatic carbocycles. The highest BCUT2D eigenvalue weighted by atomic mass is 35.5. The van der Waals surface area contributed by atoms with E-state index >= 15 is 0 Å². The predicted octanol–water partition coefficient (Wildman–Crippen LogP) is 1.95. The highest BCUT2D eigenvalue weighted by Gasteiger charge is 2.09. The maximum atomic E-state index is 10.0. The van der Waals surface area contributed by atoms with Crippen molar-refractivity contribution in [1.29, 1.82) is 0 Å². The summed E-state index contributed by atoms with van der Waals surface area (Å²) in [6.07, 6.45) is 1.03. The summed E-state index contributed by atoms with van der Waals surface area (Å²) in [5.74, 6) is 0. The molecule has 0 bridgehead atoms. The van der Waals surface area contributed by atoms with Crippen LogP contribution in [0.2, 0.25) is 10.0 Å². The molecule has 0 aliphatic rings. The third-order valence-electron chi connectivity index (χ3n) is 2.62. The molecule has 5 nitrogen and oxygen atoms in total. The van der Waals surface area contributed by atoms with E-state index in [2.05, 4.69) is 15.5 Å². The van der Waals surface area contributed by atoms with Gasteiger partial charge in [0.05, 0.1) is 28.0 Å². The van der Waals surface area contributed by atoms with Crippen LogP contribution in [0.15, 0.2) is 24.4 Å². The van der Waals surface area contributed by atoms with E-state index in [0.717, 1.165) is 11.3 Å². The molecule has 0 amide bonds. The van der Waals surface area contributed by atoms with Gasteiger partial charge in [-0.3, -0.25) is 0 Å². The molecular formula is C12H14Cl2N4O. The van der Waals surface area contributed by atoms with Gasteiger partial charge in [-0.2, -0.15) is 15.0 Å². The summed E-state index contributed by atoms with van der Waals surface area (Å²) in [5.41, 5.74) is 1.55. The molecule has 1 atom stereocenters. The Labute approximate surface area is 121 Å². The highest BCUT2D eigenvalue weighted by molar-refractivity contribution is 6.42. The molecule has 19 heavy (non-hydrogen) atoms. The van der Waals surface area contributed by atoms with E-state index in [-0.39, 0.29) is 0 Å². The molecule has 7 heteroatoms. The molecule has 0 fully saturated rings. The van der Waals surface area contributed by atoms with E-state index in [1.807, 2.05) is 0 Å². The lowest BCUT2D eigenvalue weighted by Crippen LogP contribution is -2.21. The van der Waals surface area contributed by atoms with Crippen LogP contribution >= 0.6 is 23.2 Å². The number of halogens is 2. The summed E-state index contributed by atoms with van der Waals surface area (Å²) >= 11 is 11.7. The van der Waals surface area contributed by atoms with Crippen LogP contribution in [-0.4, -0.2) is 26.6 Å². The molecule has 2 N–H and O–H groups in total. The molecule has 0 radical (unpaired) electrons. The van der Waals surface area contributed by atoms with Gasteiger partial charge in [0.25, 0.3) is 0 Å². The van der Waals surface area contributed by atoms with Gasteiger partial charge in [-0.05, 0) is 17.7 Å². The van der Waals surface area contributed by atoms with Gasteiger partial charge in [-0.1, -0.05) is 29.3 Å². The summed E-state index contributed by atoms with van der Waals surface area (Å²) in [5, 5.41) is 22.1. The lowest BCUT2D eigenvalue weighted by Gasteiger charge is -2.12. The molecule has 2 rings (SSSR count). The standard InChI is InChI=1S/C12H14Cl2N4O/c1-18-16-6-9(17-18)5-15-7-12(19)8-2-3-10(13)11(14)4-8/h2-4,6,12,15,19H,5,7H2,1H3/t12-/m1/s1. The van der Waals surface area contributed by atoms with Crippen LogP contribution in [-0.2, 0) is 13.6 Å². The monoisotopic (exact) mass is 300 g/mol. The Kier molecular flexibility index (Phi) is 4.76. The van der Waals surface area contributed by atoms with Gasteiger partial charge >= 0.3 is 0 Å². The van der Waals surface area contributed by atoms with E-state index in [0.29, 0.717) is 23.1 Å². The van der Waals surface area contributed by atoms with Crippen molar-refractivity contribution in [2.24, 2.45) is 7.05 Å². The molecule has 1 aromatic carbocycles. The van der Waals surface area contributed by atoms with E-state index < -0.39 is 6.10 Å². The molecule has 0 aliphatic heterocycles. The van der Waals surface area contributed by atoms with Gasteiger partial charge in [0.2, 0.25) is 0 Å². The summed E-state index contributed by atoms with van der Waals surface area (Å²) in [6, 6.07) is 5.09. The Morgan fingerprint density at radius 1 is 1.37 bits per heavy atom. The fraction of sp³-hybridized carbons (Fsp3) is 0.333. The van der Waals surface area contributed by atoms with Crippen molar-refractivity contribution in [2.75, 3.05) is 6.54 Å². The number of aryl methyl sites for hydroxylation is 1. The zero-order valence-corrected chi connectivity index (χ0v) is 11.9. The van der Waals surface area contributed by atoms with Gasteiger partial charge in [0.1, 0.15) is 0 Å². The maximum absolute atomic E-state index is 10.0. The van der Waals surface area contributed by atoms with Crippen molar-refractivity contribution >= 4 is 23.2 Å². The number of nitrogens with one attached hydrogen (secondary N) is 1. The molecule has 0 unspecified atom stereocenters. The van der Waals surface area contributed by atoms with Crippen LogP contribution in [0.3, 0.4) is 0 Å². The number of benzene rings is 1. The normalized spacial score (nSPS) is 12.6. The number of aliphatic hydroxyl groups is 1. The van der Waals surface area contributed by atoms with Crippen molar-refractivity contribution in [3.8, 4) is 0 Å². The van der Waals surface area contributed by atoms with Crippen LogP contribution < -0.4 is 5.32 Å². The minimum absolute atomic E-state index is 0.397. The predicted molar refractivity (Wildman–Crippen MR) is 74.1 cm³/mol. The fourth-order valence-corrected chi connectivity index (χ4v) is 1.95. The Balaban J connectivity index is 1.86. The minimum Gasteiger partial charge on any atom is -0.387 e. The molecule has 1 aromatic heterocycles. The number of aliphatic hydroxyl groups excluding tert-OH is 1. The lowest BCUT2D eigenvalue weighted by atomic mass is 10.1. The molecule has 0 saturated heterocycles. The average molecular weight is 301 g/mol. The first-order chi connectivity index (χ1) is 9.06. The van der Waals surface area contributed by atoms with Gasteiger partial charge in [0.15, 0.2) is 0 Å². The van der Waals surface area contributed by atoms with Crippen molar-refractivity contribution in [2.45, 2.75) is 12.6 Å². The van der Waals surface area contributed by atoms with Crippen LogP contribution in [0.4, 0.5) is 0 Å². The Hall–Kier alpha value is -1.14. The first-order valence-corrected chi connectivity index (χ1v) is 6.51. The van der Waals surface area contributed by atoms with Gasteiger partial charge in [-0.15, -0.1) is 0 Å². The number of hydrogen-bond donors (Lipinski definition) is 2. The van der Waals surface area contributed by atoms with Crippen LogP contribution in [0, 0.1) is 0 Å². The largest absolute Gasteiger partial charge is 0.387 e. The average Bonchev–Trinajstić information content (AvgIpc) is 2.78. The molecule has 102 valence electrons. The summed E-state index contributed by atoms with van der Waals surface area (Å²) in [7, 11) is 1.76. The first kappa shape index (κ1) is 14.3. The van der Waals surface area contributed by atoms with Gasteiger partial charge in [-0.25, -0.2) is 0 Å². The highest BCUT2D eigenvalue weighted by Crippen LogP contribution is 2.25. The third-order valence-corrected chi connectivity index (χ3v) is 3.36. The van der Waals surface area contributed by atoms with Gasteiger partial charge in [0, 0.05) is 20.1 Å². The van der Waals surface area contributed by atoms with Crippen LogP contribution in [0.1, 0.15) is 17.4 Å². The smallest absolute Gasteiger partial charge is 0.0964 e. The van der Waals surface area contributed by atoms with E-state index in [1.165, 1.54) is 4.80 Å². The van der Waals surface area contributed by atoms with Crippen molar-refractivity contribution in [1.82, 2.24) is 20.3 Å². The lowest BCUT2D eigenvalue weighted by molar-refractivity contribution is 0.174. The zero-order valence-electron chi connectivity index (χ0n) is 10.3. The maximum Gasteiger partial charge on any atom is 0.0964 e. The van der Waals surface area contributed by atoms with E-state index in [9.17, 15) is 5.11 Å². The Morgan fingerprint density at radius 2 is 2.16 bits per heavy atom. The number of aromatic nitrogens is 3. The summed E-state index contributed by atoms with van der Waals surface area (Å²) in [6.45, 7) is 0.945. The molecule has 0 spiro atoms. The third kappa shape index (κ3) is 3.91. The Bertz CT molecular complexity index is 558. The second-order valence-electron chi connectivity index (χ2n) is 4.15. The number of rotatable bonds is 5. The van der Waals surface area contributed by atoms with Crippen LogP contribution in [0.25, 0.3) is 0 Å². The first-order valence-electron chi connectivity index (χ1n) is 5.75. The fourth-order valence-electron chi connectivity index (χ4n) is 1.64. The molecule has 2 aromatic rings. The molecule has 1 heterocycles. The summed E-state index contributed by atoms with van der Waals surface area (Å²) in [4.78, 5) is 1.49. The molecule has 0 saturated carbocycles. The molecular weight excluding hydrogens is 287 g/mol. The van der Waals surface area contributed by atoms with E-state index in [4.69, 9.17) is 23.2 Å². The van der Waals surface area contributed by atoms with Crippen LogP contribution in [0.5, 0.6) is 0 Å². The topological polar surface area (TPSA) is 63.0 Å². The quantitative estimate of drug-likeness (QED) is 0.886. The number of hydrogen-bond acceptors (Lipinski definition) is 4. The number of nitrogens with zero attached hydrogens (tertiary/aromatic N) is 3. The summed E-state index contributed by atoms with van der Waals surface area (Å²) < 4.78 is 0. The van der Waals surface area contributed by atoms with Crippen molar-refractivity contribution in [3.63, 3.8) is 0 Å². The van der Waals surface area contributed by atoms with Crippen molar-refractivity contribution in [3.05, 3.63) is 45.7 Å². The minimum atomic E-state index is -0.647.